The molecule has 0 saturated heterocycles. The summed E-state index contributed by atoms with van der Waals surface area (Å²) in [7, 11) is 5.56. The van der Waals surface area contributed by atoms with E-state index in [-0.39, 0.29) is 5.95 Å². The molecule has 200 valence electrons. The number of aliphatic imine (C=N–C) groups is 1. The zero-order valence-electron chi connectivity index (χ0n) is 22.9. The van der Waals surface area contributed by atoms with E-state index in [1.807, 2.05) is 68.0 Å². The van der Waals surface area contributed by atoms with Crippen LogP contribution < -0.4 is 26.0 Å². The van der Waals surface area contributed by atoms with Crippen LogP contribution in [0.1, 0.15) is 45.1 Å². The van der Waals surface area contributed by atoms with Crippen LogP contribution >= 0.6 is 0 Å². The maximum Gasteiger partial charge on any atom is 0.231 e. The number of nitrogen functional groups attached to an aromatic ring is 1. The third kappa shape index (κ3) is 10.3. The molecule has 2 heterocycles. The molecule has 3 rings (SSSR count). The molecule has 2 aromatic rings. The number of unbranched alkanes of at least 4 members (excludes halogenated alkanes) is 1. The molecule has 1 aromatic heterocycles. The zero-order valence-corrected chi connectivity index (χ0v) is 22.9. The summed E-state index contributed by atoms with van der Waals surface area (Å²) in [6.45, 7) is 5.88. The van der Waals surface area contributed by atoms with Crippen LogP contribution in [0.3, 0.4) is 0 Å². The molecule has 9 heteroatoms. The average molecular weight is 507 g/mol. The SMILES string of the molecule is CC/C(=C/NC)C1=CN=CC=CC1.CCCCN(C)c1nc(N)nc(NCCc2ccccc2OC)n1. The third-order valence-electron chi connectivity index (χ3n) is 5.69. The number of para-hydroxylation sites is 1. The van der Waals surface area contributed by atoms with E-state index in [4.69, 9.17) is 10.5 Å². The first-order chi connectivity index (χ1) is 18.0. The minimum absolute atomic E-state index is 0.225. The fraction of sp³-hybridized carbons (Fsp3) is 0.429. The van der Waals surface area contributed by atoms with Crippen molar-refractivity contribution in [2.75, 3.05) is 50.2 Å². The van der Waals surface area contributed by atoms with Crippen molar-refractivity contribution in [3.8, 4) is 5.75 Å². The molecule has 0 bridgehead atoms. The van der Waals surface area contributed by atoms with Gasteiger partial charge in [0.05, 0.1) is 7.11 Å². The molecule has 0 spiro atoms. The average Bonchev–Trinajstić information content (AvgIpc) is 3.20. The lowest BCUT2D eigenvalue weighted by Crippen LogP contribution is -2.22. The van der Waals surface area contributed by atoms with Gasteiger partial charge in [-0.25, -0.2) is 0 Å². The molecule has 0 atom stereocenters. The Balaban J connectivity index is 0.000000312. The minimum atomic E-state index is 0.225. The first-order valence-electron chi connectivity index (χ1n) is 12.8. The quantitative estimate of drug-likeness (QED) is 0.377. The van der Waals surface area contributed by atoms with Crippen LogP contribution in [0.4, 0.5) is 17.8 Å². The van der Waals surface area contributed by atoms with Gasteiger partial charge in [-0.15, -0.1) is 0 Å². The lowest BCUT2D eigenvalue weighted by atomic mass is 10.0. The predicted octanol–water partition coefficient (Wildman–Crippen LogP) is 4.77. The van der Waals surface area contributed by atoms with E-state index in [0.717, 1.165) is 50.0 Å². The minimum Gasteiger partial charge on any atom is -0.496 e. The Kier molecular flexibility index (Phi) is 13.3. The Bertz CT molecular complexity index is 1080. The third-order valence-corrected chi connectivity index (χ3v) is 5.69. The monoisotopic (exact) mass is 506 g/mol. The number of benzene rings is 1. The van der Waals surface area contributed by atoms with Crippen LogP contribution in [0.5, 0.6) is 5.75 Å². The molecule has 37 heavy (non-hydrogen) atoms. The topological polar surface area (TPSA) is 114 Å². The summed E-state index contributed by atoms with van der Waals surface area (Å²) in [5, 5.41) is 6.27. The van der Waals surface area contributed by atoms with Gasteiger partial charge in [0.15, 0.2) is 0 Å². The summed E-state index contributed by atoms with van der Waals surface area (Å²) < 4.78 is 5.36. The van der Waals surface area contributed by atoms with Crippen molar-refractivity contribution in [2.45, 2.75) is 46.0 Å². The molecule has 9 nitrogen and oxygen atoms in total. The highest BCUT2D eigenvalue weighted by Gasteiger charge is 2.09. The number of nitrogens with zero attached hydrogens (tertiary/aromatic N) is 5. The van der Waals surface area contributed by atoms with Crippen LogP contribution in [0.15, 0.2) is 65.0 Å². The van der Waals surface area contributed by atoms with E-state index >= 15 is 0 Å². The lowest BCUT2D eigenvalue weighted by Gasteiger charge is -2.17. The second kappa shape index (κ2) is 16.7. The van der Waals surface area contributed by atoms with Crippen molar-refractivity contribution in [3.05, 3.63) is 65.5 Å². The van der Waals surface area contributed by atoms with Gasteiger partial charge >= 0.3 is 0 Å². The Morgan fingerprint density at radius 3 is 2.73 bits per heavy atom. The number of allylic oxidation sites excluding steroid dienone is 4. The summed E-state index contributed by atoms with van der Waals surface area (Å²) in [5.41, 5.74) is 9.56. The second-order valence-electron chi connectivity index (χ2n) is 8.48. The first kappa shape index (κ1) is 29.4. The largest absolute Gasteiger partial charge is 0.496 e. The Hall–Kier alpha value is -3.88. The summed E-state index contributed by atoms with van der Waals surface area (Å²) in [6.07, 6.45) is 14.9. The van der Waals surface area contributed by atoms with Crippen molar-refractivity contribution in [1.82, 2.24) is 20.3 Å². The van der Waals surface area contributed by atoms with Gasteiger partial charge in [-0.1, -0.05) is 44.5 Å². The Morgan fingerprint density at radius 2 is 2.00 bits per heavy atom. The van der Waals surface area contributed by atoms with E-state index in [1.54, 1.807) is 7.11 Å². The van der Waals surface area contributed by atoms with Gasteiger partial charge in [0.1, 0.15) is 5.75 Å². The summed E-state index contributed by atoms with van der Waals surface area (Å²) in [6, 6.07) is 7.96. The van der Waals surface area contributed by atoms with Crippen molar-refractivity contribution in [1.29, 1.82) is 0 Å². The van der Waals surface area contributed by atoms with Crippen molar-refractivity contribution in [2.24, 2.45) is 4.99 Å². The standard InChI is InChI=1S/C17H26N6O.C11H16N2/c1-4-5-12-23(2)17-21-15(18)20-16(22-17)19-11-10-13-8-6-7-9-14(13)24-3;1-3-10(8-12-2)11-6-4-5-7-13-9-11/h6-9H,4-5,10-12H2,1-3H3,(H3,18,19,20,21,22);4-5,7-9,12H,3,6H2,1-2H3/b;10-8-. The number of hydrogen-bond donors (Lipinski definition) is 3. The van der Waals surface area contributed by atoms with Gasteiger partial charge < -0.3 is 26.0 Å². The predicted molar refractivity (Wildman–Crippen MR) is 155 cm³/mol. The van der Waals surface area contributed by atoms with Gasteiger partial charge in [0, 0.05) is 39.6 Å². The van der Waals surface area contributed by atoms with E-state index in [1.165, 1.54) is 11.1 Å². The van der Waals surface area contributed by atoms with E-state index in [9.17, 15) is 0 Å². The van der Waals surface area contributed by atoms with E-state index < -0.39 is 0 Å². The van der Waals surface area contributed by atoms with Crippen molar-refractivity contribution < 1.29 is 4.74 Å². The fourth-order valence-electron chi connectivity index (χ4n) is 3.65. The number of methoxy groups -OCH3 is 1. The molecule has 1 aliphatic rings. The molecular formula is C28H42N8O. The summed E-state index contributed by atoms with van der Waals surface area (Å²) in [5.74, 6) is 2.20. The highest BCUT2D eigenvalue weighted by atomic mass is 16.5. The number of nitrogens with one attached hydrogen (secondary N) is 2. The van der Waals surface area contributed by atoms with Crippen LogP contribution in [0, 0.1) is 0 Å². The molecular weight excluding hydrogens is 464 g/mol. The van der Waals surface area contributed by atoms with Crippen LogP contribution in [-0.2, 0) is 6.42 Å². The molecule has 0 radical (unpaired) electrons. The summed E-state index contributed by atoms with van der Waals surface area (Å²) in [4.78, 5) is 19.0. The van der Waals surface area contributed by atoms with Crippen molar-refractivity contribution in [3.63, 3.8) is 0 Å². The highest BCUT2D eigenvalue weighted by Crippen LogP contribution is 2.19. The number of rotatable bonds is 12. The van der Waals surface area contributed by atoms with Crippen LogP contribution in [-0.4, -0.2) is 55.5 Å². The number of hydrogen-bond acceptors (Lipinski definition) is 9. The maximum atomic E-state index is 5.81. The van der Waals surface area contributed by atoms with Crippen LogP contribution in [0.25, 0.3) is 0 Å². The fourth-order valence-corrected chi connectivity index (χ4v) is 3.65. The van der Waals surface area contributed by atoms with Gasteiger partial charge in [0.25, 0.3) is 0 Å². The Labute approximate surface area is 221 Å². The summed E-state index contributed by atoms with van der Waals surface area (Å²) >= 11 is 0. The van der Waals surface area contributed by atoms with E-state index in [0.29, 0.717) is 18.4 Å². The molecule has 0 amide bonds. The smallest absolute Gasteiger partial charge is 0.231 e. The zero-order chi connectivity index (χ0) is 26.9. The highest BCUT2D eigenvalue weighted by molar-refractivity contribution is 5.72. The number of nitrogens with two attached hydrogens (primary N) is 1. The molecule has 0 aliphatic carbocycles. The van der Waals surface area contributed by atoms with Gasteiger partial charge in [-0.05, 0) is 60.7 Å². The number of anilines is 3. The lowest BCUT2D eigenvalue weighted by molar-refractivity contribution is 0.410. The molecule has 0 fully saturated rings. The number of ether oxygens (including phenoxy) is 1. The first-order valence-corrected chi connectivity index (χ1v) is 12.8. The molecule has 0 saturated carbocycles. The molecule has 4 N–H and O–H groups in total. The van der Waals surface area contributed by atoms with Gasteiger partial charge in [-0.2, -0.15) is 15.0 Å². The molecule has 1 aromatic carbocycles. The molecule has 0 unspecified atom stereocenters. The Morgan fingerprint density at radius 1 is 1.19 bits per heavy atom. The van der Waals surface area contributed by atoms with Gasteiger partial charge in [0.2, 0.25) is 17.8 Å². The molecule has 1 aliphatic heterocycles. The van der Waals surface area contributed by atoms with Gasteiger partial charge in [-0.3, -0.25) is 4.99 Å². The van der Waals surface area contributed by atoms with Crippen molar-refractivity contribution >= 4 is 24.1 Å². The normalized spacial score (nSPS) is 12.7. The second-order valence-corrected chi connectivity index (χ2v) is 8.48. The maximum absolute atomic E-state index is 5.81. The van der Waals surface area contributed by atoms with Crippen LogP contribution in [0.2, 0.25) is 0 Å². The number of aromatic nitrogens is 3. The van der Waals surface area contributed by atoms with E-state index in [2.05, 4.69) is 50.5 Å².